The second kappa shape index (κ2) is 7.20. The highest BCUT2D eigenvalue weighted by atomic mass is 35.5. The van der Waals surface area contributed by atoms with E-state index in [-0.39, 0.29) is 5.38 Å². The molecule has 0 saturated carbocycles. The van der Waals surface area contributed by atoms with E-state index in [2.05, 4.69) is 9.97 Å². The first-order valence-electron chi connectivity index (χ1n) is 6.76. The molecule has 0 bridgehead atoms. The van der Waals surface area contributed by atoms with Crippen molar-refractivity contribution >= 4 is 11.6 Å². The van der Waals surface area contributed by atoms with Crippen molar-refractivity contribution < 1.29 is 9.47 Å². The van der Waals surface area contributed by atoms with Crippen LogP contribution in [0.5, 0.6) is 11.5 Å². The minimum absolute atomic E-state index is 0.156. The third-order valence-electron chi connectivity index (χ3n) is 2.86. The van der Waals surface area contributed by atoms with Gasteiger partial charge in [0.1, 0.15) is 5.82 Å². The average molecular weight is 295 g/mol. The van der Waals surface area contributed by atoms with Crippen LogP contribution in [-0.4, -0.2) is 23.2 Å². The molecule has 4 nitrogen and oxygen atoms in total. The number of imidazole rings is 1. The monoisotopic (exact) mass is 294 g/mol. The number of hydrogen-bond acceptors (Lipinski definition) is 3. The van der Waals surface area contributed by atoms with E-state index in [4.69, 9.17) is 21.1 Å². The van der Waals surface area contributed by atoms with Crippen LogP contribution in [-0.2, 0) is 6.42 Å². The van der Waals surface area contributed by atoms with Gasteiger partial charge in [-0.3, -0.25) is 0 Å². The van der Waals surface area contributed by atoms with E-state index in [1.54, 1.807) is 12.4 Å². The summed E-state index contributed by atoms with van der Waals surface area (Å²) in [4.78, 5) is 7.25. The smallest absolute Gasteiger partial charge is 0.161 e. The van der Waals surface area contributed by atoms with Crippen LogP contribution in [0.2, 0.25) is 0 Å². The number of benzene rings is 1. The molecule has 2 aromatic rings. The maximum atomic E-state index is 6.44. The molecule has 1 N–H and O–H groups in total. The molecule has 1 aromatic heterocycles. The van der Waals surface area contributed by atoms with Crippen LogP contribution in [0.15, 0.2) is 30.6 Å². The summed E-state index contributed by atoms with van der Waals surface area (Å²) < 4.78 is 11.2. The Hall–Kier alpha value is -1.68. The summed E-state index contributed by atoms with van der Waals surface area (Å²) in [6, 6.07) is 5.81. The Labute approximate surface area is 124 Å². The summed E-state index contributed by atoms with van der Waals surface area (Å²) in [6.07, 6.45) is 4.17. The maximum absolute atomic E-state index is 6.44. The summed E-state index contributed by atoms with van der Waals surface area (Å²) in [6.45, 7) is 5.10. The quantitative estimate of drug-likeness (QED) is 0.792. The fourth-order valence-corrected chi connectivity index (χ4v) is 2.24. The molecule has 0 amide bonds. The molecule has 0 aliphatic carbocycles. The molecule has 1 heterocycles. The molecule has 1 unspecified atom stereocenters. The predicted molar refractivity (Wildman–Crippen MR) is 79.7 cm³/mol. The van der Waals surface area contributed by atoms with Crippen molar-refractivity contribution in [1.82, 2.24) is 9.97 Å². The van der Waals surface area contributed by atoms with Crippen molar-refractivity contribution in [1.29, 1.82) is 0 Å². The van der Waals surface area contributed by atoms with Crippen LogP contribution in [0.4, 0.5) is 0 Å². The molecule has 0 fully saturated rings. The number of halogens is 1. The maximum Gasteiger partial charge on any atom is 0.161 e. The van der Waals surface area contributed by atoms with Gasteiger partial charge in [0, 0.05) is 18.8 Å². The van der Waals surface area contributed by atoms with E-state index in [1.165, 1.54) is 0 Å². The van der Waals surface area contributed by atoms with Gasteiger partial charge in [-0.05, 0) is 31.5 Å². The summed E-state index contributed by atoms with van der Waals surface area (Å²) >= 11 is 6.44. The van der Waals surface area contributed by atoms with Gasteiger partial charge in [-0.25, -0.2) is 4.98 Å². The van der Waals surface area contributed by atoms with Crippen molar-refractivity contribution in [2.45, 2.75) is 25.6 Å². The Kier molecular flexibility index (Phi) is 5.30. The number of ether oxygens (including phenoxy) is 2. The van der Waals surface area contributed by atoms with Gasteiger partial charge in [-0.2, -0.15) is 0 Å². The first-order valence-corrected chi connectivity index (χ1v) is 7.20. The van der Waals surface area contributed by atoms with Crippen LogP contribution >= 0.6 is 11.6 Å². The van der Waals surface area contributed by atoms with Crippen LogP contribution in [0.1, 0.15) is 30.6 Å². The molecule has 1 atom stereocenters. The van der Waals surface area contributed by atoms with E-state index in [0.29, 0.717) is 19.6 Å². The number of nitrogens with one attached hydrogen (secondary N) is 1. The lowest BCUT2D eigenvalue weighted by Gasteiger charge is -2.14. The highest BCUT2D eigenvalue weighted by molar-refractivity contribution is 6.20. The third kappa shape index (κ3) is 3.67. The minimum Gasteiger partial charge on any atom is -0.490 e. The number of aromatic nitrogens is 2. The summed E-state index contributed by atoms with van der Waals surface area (Å²) in [5.41, 5.74) is 0.995. The van der Waals surface area contributed by atoms with Gasteiger partial charge >= 0.3 is 0 Å². The normalized spacial score (nSPS) is 12.2. The van der Waals surface area contributed by atoms with Crippen LogP contribution in [0.3, 0.4) is 0 Å². The Morgan fingerprint density at radius 1 is 1.20 bits per heavy atom. The first kappa shape index (κ1) is 14.7. The SMILES string of the molecule is CCOc1ccc(C(Cl)Cc2ncc[nH]2)cc1OCC. The Bertz CT molecular complexity index is 529. The number of nitrogens with zero attached hydrogens (tertiary/aromatic N) is 1. The zero-order valence-corrected chi connectivity index (χ0v) is 12.5. The topological polar surface area (TPSA) is 47.1 Å². The van der Waals surface area contributed by atoms with E-state index in [9.17, 15) is 0 Å². The van der Waals surface area contributed by atoms with Crippen LogP contribution in [0.25, 0.3) is 0 Å². The number of H-pyrrole nitrogens is 1. The Morgan fingerprint density at radius 2 is 1.95 bits per heavy atom. The fraction of sp³-hybridized carbons (Fsp3) is 0.400. The molecular weight excluding hydrogens is 276 g/mol. The Balaban J connectivity index is 2.16. The van der Waals surface area contributed by atoms with Gasteiger partial charge in [0.15, 0.2) is 11.5 Å². The molecule has 0 saturated heterocycles. The minimum atomic E-state index is -0.156. The second-order valence-corrected chi connectivity index (χ2v) is 4.81. The average Bonchev–Trinajstić information content (AvgIpc) is 2.94. The Morgan fingerprint density at radius 3 is 2.60 bits per heavy atom. The molecule has 20 heavy (non-hydrogen) atoms. The number of alkyl halides is 1. The molecule has 0 aliphatic heterocycles. The van der Waals surface area contributed by atoms with Crippen molar-refractivity contribution in [3.05, 3.63) is 42.0 Å². The third-order valence-corrected chi connectivity index (χ3v) is 3.26. The van der Waals surface area contributed by atoms with Gasteiger partial charge in [0.05, 0.1) is 18.6 Å². The van der Waals surface area contributed by atoms with Gasteiger partial charge < -0.3 is 14.5 Å². The summed E-state index contributed by atoms with van der Waals surface area (Å²) in [7, 11) is 0. The highest BCUT2D eigenvalue weighted by Gasteiger charge is 2.14. The zero-order chi connectivity index (χ0) is 14.4. The lowest BCUT2D eigenvalue weighted by molar-refractivity contribution is 0.287. The molecule has 5 heteroatoms. The van der Waals surface area contributed by atoms with Crippen molar-refractivity contribution in [2.75, 3.05) is 13.2 Å². The second-order valence-electron chi connectivity index (χ2n) is 4.28. The standard InChI is InChI=1S/C15H19ClN2O2/c1-3-19-13-6-5-11(9-14(13)20-4-2)12(16)10-15-17-7-8-18-15/h5-9,12H,3-4,10H2,1-2H3,(H,17,18). The molecular formula is C15H19ClN2O2. The van der Waals surface area contributed by atoms with E-state index >= 15 is 0 Å². The summed E-state index contributed by atoms with van der Waals surface area (Å²) in [5.74, 6) is 2.36. The zero-order valence-electron chi connectivity index (χ0n) is 11.7. The largest absolute Gasteiger partial charge is 0.490 e. The predicted octanol–water partition coefficient (Wildman–Crippen LogP) is 3.73. The number of hydrogen-bond donors (Lipinski definition) is 1. The van der Waals surface area contributed by atoms with Gasteiger partial charge in [0.25, 0.3) is 0 Å². The first-order chi connectivity index (χ1) is 9.74. The molecule has 108 valence electrons. The summed E-state index contributed by atoms with van der Waals surface area (Å²) in [5, 5.41) is -0.156. The van der Waals surface area contributed by atoms with E-state index in [1.807, 2.05) is 32.0 Å². The molecule has 0 aliphatic rings. The van der Waals surface area contributed by atoms with E-state index < -0.39 is 0 Å². The van der Waals surface area contributed by atoms with Gasteiger partial charge in [0.2, 0.25) is 0 Å². The van der Waals surface area contributed by atoms with Crippen LogP contribution in [0, 0.1) is 0 Å². The highest BCUT2D eigenvalue weighted by Crippen LogP contribution is 2.33. The molecule has 0 radical (unpaired) electrons. The van der Waals surface area contributed by atoms with E-state index in [0.717, 1.165) is 22.9 Å². The van der Waals surface area contributed by atoms with Crippen molar-refractivity contribution in [2.24, 2.45) is 0 Å². The lowest BCUT2D eigenvalue weighted by Crippen LogP contribution is -2.02. The molecule has 0 spiro atoms. The van der Waals surface area contributed by atoms with Crippen molar-refractivity contribution in [3.63, 3.8) is 0 Å². The van der Waals surface area contributed by atoms with Crippen molar-refractivity contribution in [3.8, 4) is 11.5 Å². The lowest BCUT2D eigenvalue weighted by atomic mass is 10.1. The molecule has 1 aromatic carbocycles. The number of rotatable bonds is 7. The van der Waals surface area contributed by atoms with Gasteiger partial charge in [-0.1, -0.05) is 6.07 Å². The van der Waals surface area contributed by atoms with Crippen LogP contribution < -0.4 is 9.47 Å². The fourth-order valence-electron chi connectivity index (χ4n) is 1.96. The molecule has 2 rings (SSSR count). The number of aromatic amines is 1. The van der Waals surface area contributed by atoms with Gasteiger partial charge in [-0.15, -0.1) is 11.6 Å².